The molecule has 1 heterocycles. The van der Waals surface area contributed by atoms with Crippen molar-refractivity contribution in [2.45, 2.75) is 40.2 Å². The van der Waals surface area contributed by atoms with Crippen LogP contribution in [0.25, 0.3) is 0 Å². The van der Waals surface area contributed by atoms with Crippen LogP contribution in [0.3, 0.4) is 0 Å². The van der Waals surface area contributed by atoms with Crippen molar-refractivity contribution in [1.82, 2.24) is 9.88 Å². The molecule has 0 aliphatic carbocycles. The van der Waals surface area contributed by atoms with E-state index in [0.717, 1.165) is 0 Å². The number of amides is 2. The maximum atomic E-state index is 12.0. The van der Waals surface area contributed by atoms with Crippen LogP contribution in [0.2, 0.25) is 0 Å². The van der Waals surface area contributed by atoms with Crippen LogP contribution in [0.15, 0.2) is 17.1 Å². The molecular weight excluding hydrogens is 270 g/mol. The Morgan fingerprint density at radius 2 is 2.05 bits per heavy atom. The van der Waals surface area contributed by atoms with Crippen molar-refractivity contribution in [3.05, 3.63) is 28.2 Å². The average molecular weight is 295 g/mol. The highest BCUT2D eigenvalue weighted by Gasteiger charge is 2.20. The standard InChI is InChI=1S/C15H25N3O3/c1-10-6-13(20)18(5)8-12(10)17-14(21)16-11(9-19)7-15(2,3)4/h6,8,11,19H,7,9H2,1-5H3,(H2,16,17,21). The van der Waals surface area contributed by atoms with E-state index in [1.54, 1.807) is 20.2 Å². The highest BCUT2D eigenvalue weighted by molar-refractivity contribution is 5.90. The molecule has 1 atom stereocenters. The number of nitrogens with one attached hydrogen (secondary N) is 2. The number of hydrogen-bond donors (Lipinski definition) is 3. The van der Waals surface area contributed by atoms with E-state index >= 15 is 0 Å². The van der Waals surface area contributed by atoms with Gasteiger partial charge in [0, 0.05) is 19.3 Å². The third-order valence-electron chi connectivity index (χ3n) is 3.10. The molecule has 1 aromatic heterocycles. The Morgan fingerprint density at radius 3 is 2.57 bits per heavy atom. The van der Waals surface area contributed by atoms with Gasteiger partial charge in [0.25, 0.3) is 5.56 Å². The van der Waals surface area contributed by atoms with Gasteiger partial charge in [-0.3, -0.25) is 4.79 Å². The summed E-state index contributed by atoms with van der Waals surface area (Å²) in [6.07, 6.45) is 2.25. The molecule has 6 nitrogen and oxygen atoms in total. The number of hydrogen-bond acceptors (Lipinski definition) is 3. The molecular formula is C15H25N3O3. The molecule has 0 saturated carbocycles. The van der Waals surface area contributed by atoms with E-state index < -0.39 is 0 Å². The molecule has 0 saturated heterocycles. The van der Waals surface area contributed by atoms with Crippen molar-refractivity contribution in [3.63, 3.8) is 0 Å². The van der Waals surface area contributed by atoms with Crippen molar-refractivity contribution < 1.29 is 9.90 Å². The first-order valence-electron chi connectivity index (χ1n) is 6.98. The minimum atomic E-state index is -0.389. The molecule has 0 bridgehead atoms. The molecule has 3 N–H and O–H groups in total. The van der Waals surface area contributed by atoms with Gasteiger partial charge < -0.3 is 20.3 Å². The van der Waals surface area contributed by atoms with Gasteiger partial charge in [0.1, 0.15) is 0 Å². The van der Waals surface area contributed by atoms with Crippen LogP contribution >= 0.6 is 0 Å². The van der Waals surface area contributed by atoms with Crippen molar-refractivity contribution in [3.8, 4) is 0 Å². The summed E-state index contributed by atoms with van der Waals surface area (Å²) in [5.41, 5.74) is 1.15. The summed E-state index contributed by atoms with van der Waals surface area (Å²) in [5.74, 6) is 0. The molecule has 1 rings (SSSR count). The molecule has 0 aliphatic heterocycles. The second-order valence-corrected chi connectivity index (χ2v) is 6.56. The van der Waals surface area contributed by atoms with Crippen LogP contribution in [0.5, 0.6) is 0 Å². The summed E-state index contributed by atoms with van der Waals surface area (Å²) < 4.78 is 1.40. The fourth-order valence-electron chi connectivity index (χ4n) is 2.10. The van der Waals surface area contributed by atoms with Crippen LogP contribution in [0.4, 0.5) is 10.5 Å². The van der Waals surface area contributed by atoms with Gasteiger partial charge in [0.15, 0.2) is 0 Å². The number of aliphatic hydroxyl groups is 1. The molecule has 1 aromatic rings. The van der Waals surface area contributed by atoms with E-state index in [4.69, 9.17) is 0 Å². The van der Waals surface area contributed by atoms with Crippen molar-refractivity contribution in [1.29, 1.82) is 0 Å². The Morgan fingerprint density at radius 1 is 1.43 bits per heavy atom. The van der Waals surface area contributed by atoms with Gasteiger partial charge in [-0.15, -0.1) is 0 Å². The van der Waals surface area contributed by atoms with Crippen molar-refractivity contribution >= 4 is 11.7 Å². The van der Waals surface area contributed by atoms with Crippen LogP contribution in [0, 0.1) is 12.3 Å². The maximum absolute atomic E-state index is 12.0. The van der Waals surface area contributed by atoms with Gasteiger partial charge in [0.2, 0.25) is 0 Å². The number of urea groups is 1. The van der Waals surface area contributed by atoms with Crippen molar-refractivity contribution in [2.24, 2.45) is 12.5 Å². The summed E-state index contributed by atoms with van der Waals surface area (Å²) in [6, 6.07) is 0.770. The summed E-state index contributed by atoms with van der Waals surface area (Å²) in [4.78, 5) is 23.5. The zero-order valence-electron chi connectivity index (χ0n) is 13.4. The molecule has 1 unspecified atom stereocenters. The van der Waals surface area contributed by atoms with Crippen LogP contribution in [-0.2, 0) is 7.05 Å². The predicted molar refractivity (Wildman–Crippen MR) is 83.5 cm³/mol. The molecule has 0 aromatic carbocycles. The van der Waals surface area contributed by atoms with E-state index in [9.17, 15) is 14.7 Å². The Kier molecular flexibility index (Phi) is 5.54. The fraction of sp³-hybridized carbons (Fsp3) is 0.600. The van der Waals surface area contributed by atoms with Gasteiger partial charge in [-0.2, -0.15) is 0 Å². The fourth-order valence-corrected chi connectivity index (χ4v) is 2.10. The largest absolute Gasteiger partial charge is 0.394 e. The molecule has 6 heteroatoms. The SMILES string of the molecule is Cc1cc(=O)n(C)cc1NC(=O)NC(CO)CC(C)(C)C. The predicted octanol–water partition coefficient (Wildman–Crippen LogP) is 1.61. The number of anilines is 1. The lowest BCUT2D eigenvalue weighted by Crippen LogP contribution is -2.42. The lowest BCUT2D eigenvalue weighted by molar-refractivity contribution is 0.196. The number of aliphatic hydroxyl groups excluding tert-OH is 1. The first-order valence-corrected chi connectivity index (χ1v) is 6.98. The summed E-state index contributed by atoms with van der Waals surface area (Å²) in [6.45, 7) is 7.79. The van der Waals surface area contributed by atoms with Gasteiger partial charge in [0.05, 0.1) is 18.3 Å². The Labute approximate surface area is 125 Å². The van der Waals surface area contributed by atoms with Crippen LogP contribution < -0.4 is 16.2 Å². The number of rotatable bonds is 4. The maximum Gasteiger partial charge on any atom is 0.319 e. The van der Waals surface area contributed by atoms with Gasteiger partial charge in [-0.1, -0.05) is 20.8 Å². The molecule has 2 amide bonds. The van der Waals surface area contributed by atoms with Gasteiger partial charge in [-0.25, -0.2) is 4.79 Å². The normalized spacial score (nSPS) is 12.9. The van der Waals surface area contributed by atoms with Gasteiger partial charge in [-0.05, 0) is 24.3 Å². The first kappa shape index (κ1) is 17.2. The van der Waals surface area contributed by atoms with Crippen LogP contribution in [0.1, 0.15) is 32.8 Å². The molecule has 21 heavy (non-hydrogen) atoms. The number of carbonyl (C=O) groups excluding carboxylic acids is 1. The zero-order chi connectivity index (χ0) is 16.2. The lowest BCUT2D eigenvalue weighted by Gasteiger charge is -2.25. The molecule has 0 fully saturated rings. The number of pyridine rings is 1. The number of aryl methyl sites for hydroxylation is 2. The smallest absolute Gasteiger partial charge is 0.319 e. The number of nitrogens with zero attached hydrogens (tertiary/aromatic N) is 1. The molecule has 0 radical (unpaired) electrons. The third kappa shape index (κ3) is 5.59. The quantitative estimate of drug-likeness (QED) is 0.789. The Bertz CT molecular complexity index is 558. The van der Waals surface area contributed by atoms with E-state index in [1.165, 1.54) is 10.6 Å². The highest BCUT2D eigenvalue weighted by atomic mass is 16.3. The average Bonchev–Trinajstić information content (AvgIpc) is 2.33. The Hall–Kier alpha value is -1.82. The summed E-state index contributed by atoms with van der Waals surface area (Å²) in [5, 5.41) is 14.8. The lowest BCUT2D eigenvalue weighted by atomic mass is 9.88. The zero-order valence-corrected chi connectivity index (χ0v) is 13.4. The minimum absolute atomic E-state index is 0.00718. The topological polar surface area (TPSA) is 83.4 Å². The first-order chi connectivity index (χ1) is 9.62. The molecule has 118 valence electrons. The van der Waals surface area contributed by atoms with E-state index in [-0.39, 0.29) is 29.7 Å². The highest BCUT2D eigenvalue weighted by Crippen LogP contribution is 2.20. The second-order valence-electron chi connectivity index (χ2n) is 6.56. The number of carbonyl (C=O) groups is 1. The van der Waals surface area contributed by atoms with Crippen molar-refractivity contribution in [2.75, 3.05) is 11.9 Å². The van der Waals surface area contributed by atoms with E-state index in [0.29, 0.717) is 17.7 Å². The second kappa shape index (κ2) is 6.76. The molecule has 0 spiro atoms. The van der Waals surface area contributed by atoms with E-state index in [1.807, 2.05) is 20.8 Å². The minimum Gasteiger partial charge on any atom is -0.394 e. The summed E-state index contributed by atoms with van der Waals surface area (Å²) >= 11 is 0. The van der Waals surface area contributed by atoms with Crippen LogP contribution in [-0.4, -0.2) is 28.4 Å². The third-order valence-corrected chi connectivity index (χ3v) is 3.10. The molecule has 0 aliphatic rings. The van der Waals surface area contributed by atoms with E-state index in [2.05, 4.69) is 10.6 Å². The van der Waals surface area contributed by atoms with Gasteiger partial charge >= 0.3 is 6.03 Å². The Balaban J connectivity index is 2.73. The monoisotopic (exact) mass is 295 g/mol. The number of aromatic nitrogens is 1. The summed E-state index contributed by atoms with van der Waals surface area (Å²) in [7, 11) is 1.63.